The van der Waals surface area contributed by atoms with Gasteiger partial charge in [-0.3, -0.25) is 4.79 Å². The van der Waals surface area contributed by atoms with Crippen LogP contribution in [0.5, 0.6) is 5.75 Å². The van der Waals surface area contributed by atoms with Crippen molar-refractivity contribution in [3.8, 4) is 5.75 Å². The average Bonchev–Trinajstić information content (AvgIpc) is 2.85. The zero-order valence-corrected chi connectivity index (χ0v) is 11.3. The Labute approximate surface area is 116 Å². The monoisotopic (exact) mass is 279 g/mol. The molecule has 3 N–H and O–H groups in total. The number of anilines is 1. The largest absolute Gasteiger partial charge is 0.508 e. The van der Waals surface area contributed by atoms with Crippen LogP contribution in [0.15, 0.2) is 12.1 Å². The van der Waals surface area contributed by atoms with Crippen molar-refractivity contribution in [1.29, 1.82) is 0 Å². The lowest BCUT2D eigenvalue weighted by atomic mass is 10.1. The number of carbonyl (C=O) groups excluding carboxylic acids is 1. The standard InChI is InChI=1S/C14H17NO5/c1-7-6-10(16)8(2)5-9(7)15-13(17)11-3-4-12(20-11)14(18)19/h5-6,11-12,16H,3-4H2,1-2H3,(H,15,17)(H,18,19)/t11-,12+/m0/s1. The molecular weight excluding hydrogens is 262 g/mol. The number of benzene rings is 1. The predicted molar refractivity (Wildman–Crippen MR) is 71.7 cm³/mol. The summed E-state index contributed by atoms with van der Waals surface area (Å²) < 4.78 is 5.19. The second kappa shape index (κ2) is 5.50. The lowest BCUT2D eigenvalue weighted by Crippen LogP contribution is -2.30. The van der Waals surface area contributed by atoms with Crippen LogP contribution in [-0.2, 0) is 14.3 Å². The van der Waals surface area contributed by atoms with E-state index in [9.17, 15) is 14.7 Å². The first-order valence-electron chi connectivity index (χ1n) is 6.38. The van der Waals surface area contributed by atoms with E-state index in [1.54, 1.807) is 26.0 Å². The van der Waals surface area contributed by atoms with Gasteiger partial charge in [0, 0.05) is 5.69 Å². The number of amides is 1. The van der Waals surface area contributed by atoms with Crippen molar-refractivity contribution in [1.82, 2.24) is 0 Å². The van der Waals surface area contributed by atoms with Gasteiger partial charge in [0.2, 0.25) is 0 Å². The number of phenolic OH excluding ortho intramolecular Hbond substituents is 1. The maximum atomic E-state index is 12.0. The molecule has 1 saturated heterocycles. The van der Waals surface area contributed by atoms with E-state index >= 15 is 0 Å². The molecule has 1 aliphatic heterocycles. The third-order valence-corrected chi connectivity index (χ3v) is 3.39. The minimum Gasteiger partial charge on any atom is -0.508 e. The Balaban J connectivity index is 2.06. The molecule has 20 heavy (non-hydrogen) atoms. The number of carboxylic acid groups (broad SMARTS) is 1. The second-order valence-corrected chi connectivity index (χ2v) is 4.97. The number of hydrogen-bond acceptors (Lipinski definition) is 4. The summed E-state index contributed by atoms with van der Waals surface area (Å²) >= 11 is 0. The van der Waals surface area contributed by atoms with Crippen LogP contribution in [0, 0.1) is 13.8 Å². The number of aliphatic carboxylic acids is 1. The zero-order chi connectivity index (χ0) is 14.9. The Morgan fingerprint density at radius 3 is 2.45 bits per heavy atom. The summed E-state index contributed by atoms with van der Waals surface area (Å²) in [6, 6.07) is 3.24. The summed E-state index contributed by atoms with van der Waals surface area (Å²) in [4.78, 5) is 22.8. The normalized spacial score (nSPS) is 21.7. The van der Waals surface area contributed by atoms with Gasteiger partial charge in [0.25, 0.3) is 5.91 Å². The van der Waals surface area contributed by atoms with Crippen molar-refractivity contribution in [2.45, 2.75) is 38.9 Å². The molecule has 0 aromatic heterocycles. The summed E-state index contributed by atoms with van der Waals surface area (Å²) in [6.45, 7) is 3.50. The van der Waals surface area contributed by atoms with Crippen LogP contribution in [-0.4, -0.2) is 34.3 Å². The van der Waals surface area contributed by atoms with Gasteiger partial charge in [0.1, 0.15) is 11.9 Å². The van der Waals surface area contributed by atoms with Crippen LogP contribution in [0.25, 0.3) is 0 Å². The topological polar surface area (TPSA) is 95.9 Å². The van der Waals surface area contributed by atoms with Crippen LogP contribution in [0.3, 0.4) is 0 Å². The third kappa shape index (κ3) is 2.91. The smallest absolute Gasteiger partial charge is 0.332 e. The number of ether oxygens (including phenoxy) is 1. The van der Waals surface area contributed by atoms with Crippen molar-refractivity contribution < 1.29 is 24.5 Å². The highest BCUT2D eigenvalue weighted by Crippen LogP contribution is 2.26. The van der Waals surface area contributed by atoms with E-state index in [0.29, 0.717) is 24.1 Å². The summed E-state index contributed by atoms with van der Waals surface area (Å²) in [5, 5.41) is 21.1. The first-order chi connectivity index (χ1) is 9.38. The fourth-order valence-electron chi connectivity index (χ4n) is 2.16. The van der Waals surface area contributed by atoms with Crippen molar-refractivity contribution in [3.63, 3.8) is 0 Å². The molecule has 0 saturated carbocycles. The lowest BCUT2D eigenvalue weighted by Gasteiger charge is -2.14. The Morgan fingerprint density at radius 1 is 1.20 bits per heavy atom. The number of phenols is 1. The minimum atomic E-state index is -1.04. The molecule has 1 aromatic rings. The quantitative estimate of drug-likeness (QED) is 0.730. The fourth-order valence-corrected chi connectivity index (χ4v) is 2.16. The van der Waals surface area contributed by atoms with Crippen LogP contribution in [0.4, 0.5) is 5.69 Å². The highest BCUT2D eigenvalue weighted by atomic mass is 16.5. The van der Waals surface area contributed by atoms with Gasteiger partial charge in [-0.05, 0) is 49.9 Å². The van der Waals surface area contributed by atoms with Crippen molar-refractivity contribution >= 4 is 17.6 Å². The van der Waals surface area contributed by atoms with E-state index in [-0.39, 0.29) is 11.7 Å². The van der Waals surface area contributed by atoms with Gasteiger partial charge in [-0.15, -0.1) is 0 Å². The summed E-state index contributed by atoms with van der Waals surface area (Å²) in [5.74, 6) is -1.23. The van der Waals surface area contributed by atoms with Crippen LogP contribution >= 0.6 is 0 Å². The van der Waals surface area contributed by atoms with Crippen molar-refractivity contribution in [2.75, 3.05) is 5.32 Å². The SMILES string of the molecule is Cc1cc(NC(=O)[C@@H]2CC[C@H](C(=O)O)O2)c(C)cc1O. The average molecular weight is 279 g/mol. The van der Waals surface area contributed by atoms with Gasteiger partial charge in [-0.1, -0.05) is 0 Å². The summed E-state index contributed by atoms with van der Waals surface area (Å²) in [5.41, 5.74) is 1.98. The highest BCUT2D eigenvalue weighted by molar-refractivity contribution is 5.95. The molecule has 1 aliphatic rings. The van der Waals surface area contributed by atoms with E-state index < -0.39 is 18.2 Å². The number of carbonyl (C=O) groups is 2. The Hall–Kier alpha value is -2.08. The van der Waals surface area contributed by atoms with Crippen LogP contribution < -0.4 is 5.32 Å². The van der Waals surface area contributed by atoms with Gasteiger partial charge in [0.05, 0.1) is 0 Å². The molecule has 1 heterocycles. The number of rotatable bonds is 3. The van der Waals surface area contributed by atoms with Gasteiger partial charge in [-0.2, -0.15) is 0 Å². The number of carboxylic acids is 1. The van der Waals surface area contributed by atoms with E-state index in [4.69, 9.17) is 9.84 Å². The first kappa shape index (κ1) is 14.3. The maximum Gasteiger partial charge on any atom is 0.332 e. The predicted octanol–water partition coefficient (Wildman–Crippen LogP) is 1.58. The molecule has 1 fully saturated rings. The molecule has 0 spiro atoms. The second-order valence-electron chi connectivity index (χ2n) is 4.97. The molecular formula is C14H17NO5. The zero-order valence-electron chi connectivity index (χ0n) is 11.3. The van der Waals surface area contributed by atoms with E-state index in [2.05, 4.69) is 5.32 Å². The Bertz CT molecular complexity index is 555. The number of hydrogen-bond donors (Lipinski definition) is 3. The molecule has 0 bridgehead atoms. The Morgan fingerprint density at radius 2 is 1.85 bits per heavy atom. The molecule has 1 aromatic carbocycles. The van der Waals surface area contributed by atoms with E-state index in [1.165, 1.54) is 0 Å². The maximum absolute atomic E-state index is 12.0. The van der Waals surface area contributed by atoms with Gasteiger partial charge in [0.15, 0.2) is 6.10 Å². The number of nitrogens with one attached hydrogen (secondary N) is 1. The summed E-state index contributed by atoms with van der Waals surface area (Å²) in [7, 11) is 0. The van der Waals surface area contributed by atoms with Gasteiger partial charge < -0.3 is 20.3 Å². The molecule has 0 radical (unpaired) electrons. The molecule has 2 rings (SSSR count). The van der Waals surface area contributed by atoms with Crippen LogP contribution in [0.2, 0.25) is 0 Å². The number of aromatic hydroxyl groups is 1. The minimum absolute atomic E-state index is 0.170. The van der Waals surface area contributed by atoms with Crippen molar-refractivity contribution in [2.24, 2.45) is 0 Å². The molecule has 6 heteroatoms. The van der Waals surface area contributed by atoms with Crippen LogP contribution in [0.1, 0.15) is 24.0 Å². The van der Waals surface area contributed by atoms with Gasteiger partial charge >= 0.3 is 5.97 Å². The molecule has 6 nitrogen and oxygen atoms in total. The molecule has 2 atom stereocenters. The summed E-state index contributed by atoms with van der Waals surface area (Å²) in [6.07, 6.45) is -0.932. The first-order valence-corrected chi connectivity index (χ1v) is 6.38. The van der Waals surface area contributed by atoms with E-state index in [1.807, 2.05) is 0 Å². The Kier molecular flexibility index (Phi) is 3.94. The molecule has 0 unspecified atom stereocenters. The lowest BCUT2D eigenvalue weighted by molar-refractivity contribution is -0.150. The molecule has 108 valence electrons. The van der Waals surface area contributed by atoms with Crippen molar-refractivity contribution in [3.05, 3.63) is 23.3 Å². The molecule has 1 amide bonds. The number of aryl methyl sites for hydroxylation is 2. The highest BCUT2D eigenvalue weighted by Gasteiger charge is 2.34. The van der Waals surface area contributed by atoms with E-state index in [0.717, 1.165) is 5.56 Å². The third-order valence-electron chi connectivity index (χ3n) is 3.39. The molecule has 0 aliphatic carbocycles. The fraction of sp³-hybridized carbons (Fsp3) is 0.429. The van der Waals surface area contributed by atoms with Gasteiger partial charge in [-0.25, -0.2) is 4.79 Å².